The summed E-state index contributed by atoms with van der Waals surface area (Å²) < 4.78 is 31.9. The molecule has 0 unspecified atom stereocenters. The van der Waals surface area contributed by atoms with Gasteiger partial charge < -0.3 is 9.84 Å². The predicted molar refractivity (Wildman–Crippen MR) is 69.3 cm³/mol. The van der Waals surface area contributed by atoms with Crippen LogP contribution >= 0.6 is 0 Å². The minimum atomic E-state index is -3.62. The highest BCUT2D eigenvalue weighted by molar-refractivity contribution is 7.89. The van der Waals surface area contributed by atoms with Crippen LogP contribution in [0, 0.1) is 13.8 Å². The summed E-state index contributed by atoms with van der Waals surface area (Å²) in [5.74, 6) is 0.624. The first-order valence-corrected chi connectivity index (χ1v) is 7.08. The number of methoxy groups -OCH3 is 1. The molecule has 1 rings (SSSR count). The topological polar surface area (TPSA) is 75.6 Å². The molecule has 0 saturated heterocycles. The van der Waals surface area contributed by atoms with E-state index in [4.69, 9.17) is 9.84 Å². The van der Waals surface area contributed by atoms with E-state index in [2.05, 4.69) is 4.72 Å². The highest BCUT2D eigenvalue weighted by Gasteiger charge is 2.22. The molecule has 6 heteroatoms. The van der Waals surface area contributed by atoms with Crippen molar-refractivity contribution in [1.82, 2.24) is 4.72 Å². The summed E-state index contributed by atoms with van der Waals surface area (Å²) in [5, 5.41) is 8.92. The van der Waals surface area contributed by atoms with E-state index in [1.807, 2.05) is 0 Å². The number of benzene rings is 1. The van der Waals surface area contributed by atoms with E-state index in [1.165, 1.54) is 7.11 Å². The molecule has 5 nitrogen and oxygen atoms in total. The summed E-state index contributed by atoms with van der Waals surface area (Å²) in [6.45, 7) is 4.79. The minimum absolute atomic E-state index is 0.239. The number of ether oxygens (including phenoxy) is 1. The molecule has 0 aliphatic carbocycles. The molecule has 0 aromatic heterocycles. The number of hydrogen-bond acceptors (Lipinski definition) is 4. The van der Waals surface area contributed by atoms with Crippen molar-refractivity contribution in [3.8, 4) is 5.75 Å². The Kier molecular flexibility index (Phi) is 4.72. The lowest BCUT2D eigenvalue weighted by Crippen LogP contribution is -2.35. The second-order valence-electron chi connectivity index (χ2n) is 4.30. The van der Waals surface area contributed by atoms with Crippen molar-refractivity contribution in [3.63, 3.8) is 0 Å². The lowest BCUT2D eigenvalue weighted by atomic mass is 10.1. The smallest absolute Gasteiger partial charge is 0.241 e. The summed E-state index contributed by atoms with van der Waals surface area (Å²) in [6, 6.07) is 2.83. The summed E-state index contributed by atoms with van der Waals surface area (Å²) in [6.07, 6.45) is 0. The van der Waals surface area contributed by atoms with Crippen LogP contribution in [0.25, 0.3) is 0 Å². The molecule has 0 aliphatic heterocycles. The molecule has 0 heterocycles. The average molecular weight is 273 g/mol. The molecule has 0 bridgehead atoms. The quantitative estimate of drug-likeness (QED) is 0.838. The Labute approximate surface area is 108 Å². The van der Waals surface area contributed by atoms with E-state index in [-0.39, 0.29) is 11.5 Å². The van der Waals surface area contributed by atoms with E-state index in [0.29, 0.717) is 16.9 Å². The molecule has 0 fully saturated rings. The fourth-order valence-corrected chi connectivity index (χ4v) is 3.50. The van der Waals surface area contributed by atoms with Gasteiger partial charge in [0.2, 0.25) is 10.0 Å². The molecule has 0 aliphatic rings. The largest absolute Gasteiger partial charge is 0.497 e. The molecular weight excluding hydrogens is 254 g/mol. The highest BCUT2D eigenvalue weighted by Crippen LogP contribution is 2.25. The normalized spacial score (nSPS) is 13.4. The van der Waals surface area contributed by atoms with Gasteiger partial charge in [0.05, 0.1) is 18.6 Å². The predicted octanol–water partition coefficient (Wildman–Crippen LogP) is 0.971. The Morgan fingerprint density at radius 1 is 1.33 bits per heavy atom. The third kappa shape index (κ3) is 3.22. The van der Waals surface area contributed by atoms with Gasteiger partial charge in [-0.05, 0) is 44.0 Å². The standard InChI is InChI=1S/C12H19NO4S/c1-8-5-11(17-4)6-9(2)12(8)18(15,16)13-10(3)7-14/h5-6,10,13-14H,7H2,1-4H3/t10-/m0/s1. The molecule has 0 radical (unpaired) electrons. The zero-order chi connectivity index (χ0) is 13.9. The first-order chi connectivity index (χ1) is 8.31. The van der Waals surface area contributed by atoms with Crippen LogP contribution in [0.4, 0.5) is 0 Å². The van der Waals surface area contributed by atoms with Gasteiger partial charge in [0.15, 0.2) is 0 Å². The maximum absolute atomic E-state index is 12.2. The number of rotatable bonds is 5. The van der Waals surface area contributed by atoms with E-state index >= 15 is 0 Å². The maximum Gasteiger partial charge on any atom is 0.241 e. The molecule has 18 heavy (non-hydrogen) atoms. The third-order valence-corrected chi connectivity index (χ3v) is 4.46. The summed E-state index contributed by atoms with van der Waals surface area (Å²) in [7, 11) is -2.09. The zero-order valence-electron chi connectivity index (χ0n) is 11.0. The monoisotopic (exact) mass is 273 g/mol. The molecule has 1 atom stereocenters. The second-order valence-corrected chi connectivity index (χ2v) is 5.95. The Balaban J connectivity index is 3.25. The molecule has 1 aromatic rings. The zero-order valence-corrected chi connectivity index (χ0v) is 11.8. The molecule has 0 spiro atoms. The van der Waals surface area contributed by atoms with Crippen LogP contribution in [0.5, 0.6) is 5.75 Å². The number of aliphatic hydroxyl groups is 1. The second kappa shape index (κ2) is 5.69. The van der Waals surface area contributed by atoms with Crippen LogP contribution in [0.2, 0.25) is 0 Å². The number of nitrogens with one attached hydrogen (secondary N) is 1. The summed E-state index contributed by atoms with van der Waals surface area (Å²) >= 11 is 0. The average Bonchev–Trinajstić information content (AvgIpc) is 2.26. The minimum Gasteiger partial charge on any atom is -0.497 e. The number of sulfonamides is 1. The van der Waals surface area contributed by atoms with Gasteiger partial charge in [-0.1, -0.05) is 0 Å². The van der Waals surface area contributed by atoms with Gasteiger partial charge in [-0.2, -0.15) is 0 Å². The van der Waals surface area contributed by atoms with Gasteiger partial charge in [0.1, 0.15) is 5.75 Å². The summed E-state index contributed by atoms with van der Waals surface area (Å²) in [4.78, 5) is 0.239. The molecule has 0 amide bonds. The molecule has 2 N–H and O–H groups in total. The van der Waals surface area contributed by atoms with Gasteiger partial charge in [-0.25, -0.2) is 13.1 Å². The Hall–Kier alpha value is -1.11. The van der Waals surface area contributed by atoms with Crippen molar-refractivity contribution in [1.29, 1.82) is 0 Å². The highest BCUT2D eigenvalue weighted by atomic mass is 32.2. The Bertz CT molecular complexity index is 502. The van der Waals surface area contributed by atoms with Crippen molar-refractivity contribution < 1.29 is 18.3 Å². The van der Waals surface area contributed by atoms with E-state index in [9.17, 15) is 8.42 Å². The van der Waals surface area contributed by atoms with Crippen molar-refractivity contribution >= 4 is 10.0 Å². The van der Waals surface area contributed by atoms with Crippen LogP contribution in [0.3, 0.4) is 0 Å². The fourth-order valence-electron chi connectivity index (χ4n) is 1.81. The van der Waals surface area contributed by atoms with Gasteiger partial charge in [-0.15, -0.1) is 0 Å². The van der Waals surface area contributed by atoms with E-state index < -0.39 is 16.1 Å². The van der Waals surface area contributed by atoms with E-state index in [1.54, 1.807) is 32.9 Å². The maximum atomic E-state index is 12.2. The molecular formula is C12H19NO4S. The number of hydrogen-bond donors (Lipinski definition) is 2. The van der Waals surface area contributed by atoms with Crippen LogP contribution < -0.4 is 9.46 Å². The van der Waals surface area contributed by atoms with Crippen LogP contribution in [0.15, 0.2) is 17.0 Å². The van der Waals surface area contributed by atoms with Gasteiger partial charge in [-0.3, -0.25) is 0 Å². The van der Waals surface area contributed by atoms with Gasteiger partial charge >= 0.3 is 0 Å². The number of aliphatic hydroxyl groups excluding tert-OH is 1. The van der Waals surface area contributed by atoms with Crippen molar-refractivity contribution in [2.45, 2.75) is 31.7 Å². The SMILES string of the molecule is COc1cc(C)c(S(=O)(=O)N[C@@H](C)CO)c(C)c1. The summed E-state index contributed by atoms with van der Waals surface area (Å²) in [5.41, 5.74) is 1.23. The molecule has 102 valence electrons. The van der Waals surface area contributed by atoms with Crippen molar-refractivity contribution in [3.05, 3.63) is 23.3 Å². The number of aryl methyl sites for hydroxylation is 2. The Morgan fingerprint density at radius 2 is 1.83 bits per heavy atom. The van der Waals surface area contributed by atoms with Gasteiger partial charge in [0, 0.05) is 6.04 Å². The third-order valence-electron chi connectivity index (χ3n) is 2.57. The van der Waals surface area contributed by atoms with Gasteiger partial charge in [0.25, 0.3) is 0 Å². The molecule has 1 aromatic carbocycles. The molecule has 0 saturated carbocycles. The first kappa shape index (κ1) is 14.9. The first-order valence-electron chi connectivity index (χ1n) is 5.60. The Morgan fingerprint density at radius 3 is 2.22 bits per heavy atom. The lowest BCUT2D eigenvalue weighted by molar-refractivity contribution is 0.265. The lowest BCUT2D eigenvalue weighted by Gasteiger charge is -2.16. The van der Waals surface area contributed by atoms with Crippen molar-refractivity contribution in [2.75, 3.05) is 13.7 Å². The van der Waals surface area contributed by atoms with Crippen LogP contribution in [-0.4, -0.2) is 33.3 Å². The van der Waals surface area contributed by atoms with Crippen LogP contribution in [-0.2, 0) is 10.0 Å². The van der Waals surface area contributed by atoms with E-state index in [0.717, 1.165) is 0 Å². The van der Waals surface area contributed by atoms with Crippen LogP contribution in [0.1, 0.15) is 18.1 Å². The van der Waals surface area contributed by atoms with Crippen molar-refractivity contribution in [2.24, 2.45) is 0 Å². The fraction of sp³-hybridized carbons (Fsp3) is 0.500.